The summed E-state index contributed by atoms with van der Waals surface area (Å²) < 4.78 is 9.26. The standard InChI is InChI=1S/C9H9O3/c1-8-2-4-9(5-3-8)12-7-11-6-10/h2-5H,7H2,1H3. The fourth-order valence-corrected chi connectivity index (χ4v) is 0.756. The molecule has 0 bridgehead atoms. The number of benzene rings is 1. The Hall–Kier alpha value is -1.51. The van der Waals surface area contributed by atoms with Gasteiger partial charge in [0.2, 0.25) is 6.79 Å². The molecular weight excluding hydrogens is 156 g/mol. The minimum Gasteiger partial charge on any atom is -0.457 e. The van der Waals surface area contributed by atoms with E-state index in [9.17, 15) is 4.79 Å². The lowest BCUT2D eigenvalue weighted by Gasteiger charge is -2.02. The molecule has 0 heterocycles. The van der Waals surface area contributed by atoms with Crippen molar-refractivity contribution < 1.29 is 14.3 Å². The lowest BCUT2D eigenvalue weighted by Crippen LogP contribution is -2.00. The van der Waals surface area contributed by atoms with Gasteiger partial charge in [-0.05, 0) is 19.1 Å². The lowest BCUT2D eigenvalue weighted by atomic mass is 10.2. The van der Waals surface area contributed by atoms with Crippen LogP contribution in [0.1, 0.15) is 5.56 Å². The summed E-state index contributed by atoms with van der Waals surface area (Å²) in [5.41, 5.74) is 1.16. The third-order valence-electron chi connectivity index (χ3n) is 1.36. The minimum atomic E-state index is -0.0907. The van der Waals surface area contributed by atoms with Crippen molar-refractivity contribution >= 4 is 6.47 Å². The van der Waals surface area contributed by atoms with Crippen LogP contribution in [-0.2, 0) is 9.53 Å². The molecule has 0 amide bonds. The van der Waals surface area contributed by atoms with Gasteiger partial charge >= 0.3 is 6.47 Å². The highest BCUT2D eigenvalue weighted by Crippen LogP contribution is 2.10. The van der Waals surface area contributed by atoms with Gasteiger partial charge in [-0.25, -0.2) is 4.79 Å². The quantitative estimate of drug-likeness (QED) is 0.500. The van der Waals surface area contributed by atoms with Gasteiger partial charge in [0.25, 0.3) is 0 Å². The molecule has 0 fully saturated rings. The minimum absolute atomic E-state index is 0.0907. The first-order valence-electron chi connectivity index (χ1n) is 3.51. The normalized spacial score (nSPS) is 9.08. The molecule has 3 heteroatoms. The first kappa shape index (κ1) is 8.59. The fourth-order valence-electron chi connectivity index (χ4n) is 0.756. The van der Waals surface area contributed by atoms with Crippen LogP contribution in [0.3, 0.4) is 0 Å². The Morgan fingerprint density at radius 2 is 2.00 bits per heavy atom. The highest BCUT2D eigenvalue weighted by atomic mass is 16.7. The molecule has 1 rings (SSSR count). The van der Waals surface area contributed by atoms with E-state index in [0.717, 1.165) is 5.56 Å². The van der Waals surface area contributed by atoms with Crippen molar-refractivity contribution in [2.75, 3.05) is 6.79 Å². The van der Waals surface area contributed by atoms with E-state index in [1.54, 1.807) is 0 Å². The Balaban J connectivity index is 2.42. The molecule has 63 valence electrons. The zero-order chi connectivity index (χ0) is 8.81. The Bertz CT molecular complexity index is 240. The zero-order valence-electron chi connectivity index (χ0n) is 6.74. The second-order valence-corrected chi connectivity index (χ2v) is 2.30. The van der Waals surface area contributed by atoms with Crippen molar-refractivity contribution in [1.29, 1.82) is 0 Å². The van der Waals surface area contributed by atoms with Crippen molar-refractivity contribution in [3.05, 3.63) is 29.8 Å². The zero-order valence-corrected chi connectivity index (χ0v) is 6.74. The van der Waals surface area contributed by atoms with Crippen LogP contribution in [0.5, 0.6) is 5.75 Å². The average Bonchev–Trinajstić information content (AvgIpc) is 2.09. The van der Waals surface area contributed by atoms with Crippen molar-refractivity contribution in [3.8, 4) is 5.75 Å². The summed E-state index contributed by atoms with van der Waals surface area (Å²) >= 11 is 0. The summed E-state index contributed by atoms with van der Waals surface area (Å²) in [7, 11) is 0. The Morgan fingerprint density at radius 1 is 1.33 bits per heavy atom. The first-order valence-corrected chi connectivity index (χ1v) is 3.51. The summed E-state index contributed by atoms with van der Waals surface area (Å²) in [6.45, 7) is 3.17. The van der Waals surface area contributed by atoms with Gasteiger partial charge in [-0.2, -0.15) is 0 Å². The molecule has 0 atom stereocenters. The second-order valence-electron chi connectivity index (χ2n) is 2.30. The maximum atomic E-state index is 9.62. The Morgan fingerprint density at radius 3 is 2.58 bits per heavy atom. The monoisotopic (exact) mass is 165 g/mol. The fraction of sp³-hybridized carbons (Fsp3) is 0.222. The molecule has 1 aromatic carbocycles. The summed E-state index contributed by atoms with van der Waals surface area (Å²) in [5, 5.41) is 0. The predicted octanol–water partition coefficient (Wildman–Crippen LogP) is 1.42. The van der Waals surface area contributed by atoms with Gasteiger partial charge in [-0.1, -0.05) is 17.7 Å². The van der Waals surface area contributed by atoms with Gasteiger partial charge < -0.3 is 9.47 Å². The topological polar surface area (TPSA) is 35.5 Å². The SMILES string of the molecule is Cc1ccc(OCO[C]=O)cc1. The molecule has 0 saturated heterocycles. The summed E-state index contributed by atoms with van der Waals surface area (Å²) in [6.07, 6.45) is 0. The molecule has 0 unspecified atom stereocenters. The van der Waals surface area contributed by atoms with Crippen molar-refractivity contribution in [2.45, 2.75) is 6.92 Å². The number of aryl methyl sites for hydroxylation is 1. The van der Waals surface area contributed by atoms with Crippen molar-refractivity contribution in [1.82, 2.24) is 0 Å². The van der Waals surface area contributed by atoms with Gasteiger partial charge in [-0.15, -0.1) is 0 Å². The van der Waals surface area contributed by atoms with E-state index in [0.29, 0.717) is 5.75 Å². The van der Waals surface area contributed by atoms with E-state index >= 15 is 0 Å². The molecule has 0 spiro atoms. The van der Waals surface area contributed by atoms with Crippen LogP contribution in [-0.4, -0.2) is 13.3 Å². The second kappa shape index (κ2) is 4.38. The van der Waals surface area contributed by atoms with E-state index in [1.807, 2.05) is 31.2 Å². The molecule has 0 saturated carbocycles. The van der Waals surface area contributed by atoms with Crippen LogP contribution in [0.2, 0.25) is 0 Å². The van der Waals surface area contributed by atoms with E-state index in [4.69, 9.17) is 4.74 Å². The van der Waals surface area contributed by atoms with Crippen LogP contribution in [0.4, 0.5) is 0 Å². The number of rotatable bonds is 4. The summed E-state index contributed by atoms with van der Waals surface area (Å²) in [4.78, 5) is 9.62. The molecule has 12 heavy (non-hydrogen) atoms. The first-order chi connectivity index (χ1) is 5.83. The highest BCUT2D eigenvalue weighted by molar-refractivity contribution is 5.38. The van der Waals surface area contributed by atoms with Gasteiger partial charge in [0.1, 0.15) is 5.75 Å². The Kier molecular flexibility index (Phi) is 3.14. The number of carbonyl (C=O) groups excluding carboxylic acids is 1. The maximum Gasteiger partial charge on any atom is 0.420 e. The van der Waals surface area contributed by atoms with Crippen molar-refractivity contribution in [2.24, 2.45) is 0 Å². The van der Waals surface area contributed by atoms with E-state index in [1.165, 1.54) is 6.47 Å². The molecule has 0 aliphatic heterocycles. The van der Waals surface area contributed by atoms with Crippen LogP contribution in [0.25, 0.3) is 0 Å². The van der Waals surface area contributed by atoms with E-state index in [-0.39, 0.29) is 6.79 Å². The summed E-state index contributed by atoms with van der Waals surface area (Å²) in [5.74, 6) is 0.677. The van der Waals surface area contributed by atoms with Gasteiger partial charge in [0.05, 0.1) is 0 Å². The molecule has 3 nitrogen and oxygen atoms in total. The van der Waals surface area contributed by atoms with Crippen LogP contribution in [0.15, 0.2) is 24.3 Å². The Labute approximate surface area is 70.9 Å². The van der Waals surface area contributed by atoms with E-state index < -0.39 is 0 Å². The maximum absolute atomic E-state index is 9.62. The van der Waals surface area contributed by atoms with Crippen LogP contribution < -0.4 is 4.74 Å². The van der Waals surface area contributed by atoms with Crippen molar-refractivity contribution in [3.63, 3.8) is 0 Å². The van der Waals surface area contributed by atoms with Crippen LogP contribution in [0, 0.1) is 6.92 Å². The number of ether oxygens (including phenoxy) is 2. The molecular formula is C9H9O3. The number of hydrogen-bond acceptors (Lipinski definition) is 3. The smallest absolute Gasteiger partial charge is 0.420 e. The highest BCUT2D eigenvalue weighted by Gasteiger charge is 1.91. The van der Waals surface area contributed by atoms with Gasteiger partial charge in [-0.3, -0.25) is 0 Å². The summed E-state index contributed by atoms with van der Waals surface area (Å²) in [6, 6.07) is 7.45. The average molecular weight is 165 g/mol. The lowest BCUT2D eigenvalue weighted by molar-refractivity contribution is 0.104. The van der Waals surface area contributed by atoms with Crippen LogP contribution >= 0.6 is 0 Å². The third kappa shape index (κ3) is 2.62. The van der Waals surface area contributed by atoms with Gasteiger partial charge in [0, 0.05) is 0 Å². The molecule has 0 aliphatic rings. The van der Waals surface area contributed by atoms with E-state index in [2.05, 4.69) is 4.74 Å². The molecule has 1 aromatic rings. The largest absolute Gasteiger partial charge is 0.457 e. The molecule has 0 N–H and O–H groups in total. The predicted molar refractivity (Wildman–Crippen MR) is 43.5 cm³/mol. The molecule has 1 radical (unpaired) electrons. The third-order valence-corrected chi connectivity index (χ3v) is 1.36. The molecule has 0 aliphatic carbocycles. The number of hydrogen-bond donors (Lipinski definition) is 0. The molecule has 0 aromatic heterocycles. The van der Waals surface area contributed by atoms with Gasteiger partial charge in [0.15, 0.2) is 0 Å².